The van der Waals surface area contributed by atoms with E-state index in [4.69, 9.17) is 25.2 Å². The topological polar surface area (TPSA) is 97.0 Å². The highest BCUT2D eigenvalue weighted by molar-refractivity contribution is 5.54. The Morgan fingerprint density at radius 2 is 2.05 bits per heavy atom. The number of hydrogen-bond donors (Lipinski definition) is 2. The van der Waals surface area contributed by atoms with Crippen molar-refractivity contribution in [3.05, 3.63) is 40.6 Å². The summed E-state index contributed by atoms with van der Waals surface area (Å²) in [5.41, 5.74) is 9.83. The molecule has 3 fully saturated rings. The van der Waals surface area contributed by atoms with Crippen LogP contribution in [0.15, 0.2) is 18.2 Å². The number of aryl methyl sites for hydroxylation is 1. The first-order chi connectivity index (χ1) is 18.7. The molecule has 210 valence electrons. The van der Waals surface area contributed by atoms with Gasteiger partial charge in [-0.3, -0.25) is 4.90 Å². The van der Waals surface area contributed by atoms with Crippen LogP contribution < -0.4 is 15.4 Å². The Labute approximate surface area is 229 Å². The fourth-order valence-electron chi connectivity index (χ4n) is 7.96. The number of nitrogens with zero attached hydrogens (tertiary/aromatic N) is 4. The van der Waals surface area contributed by atoms with Crippen LogP contribution in [0.5, 0.6) is 6.01 Å². The third-order valence-corrected chi connectivity index (χ3v) is 9.85. The van der Waals surface area contributed by atoms with Crippen LogP contribution >= 0.6 is 0 Å². The molecule has 0 unspecified atom stereocenters. The van der Waals surface area contributed by atoms with Gasteiger partial charge >= 0.3 is 6.01 Å². The molecule has 5 heterocycles. The normalized spacial score (nSPS) is 34.1. The summed E-state index contributed by atoms with van der Waals surface area (Å²) in [4.78, 5) is 14.3. The van der Waals surface area contributed by atoms with Gasteiger partial charge in [0.25, 0.3) is 0 Å². The lowest BCUT2D eigenvalue weighted by molar-refractivity contribution is -0.0856. The third-order valence-electron chi connectivity index (χ3n) is 9.85. The molecule has 9 heteroatoms. The number of nitrogens with two attached hydrogens (primary N) is 1. The third kappa shape index (κ3) is 4.46. The van der Waals surface area contributed by atoms with Crippen molar-refractivity contribution in [2.24, 2.45) is 0 Å². The van der Waals surface area contributed by atoms with Crippen molar-refractivity contribution in [3.8, 4) is 6.01 Å². The molecule has 0 amide bonds. The van der Waals surface area contributed by atoms with Crippen molar-refractivity contribution < 1.29 is 19.0 Å². The average Bonchev–Trinajstić information content (AvgIpc) is 3.42. The Hall–Kier alpha value is -2.49. The second-order valence-corrected chi connectivity index (χ2v) is 12.9. The second-order valence-electron chi connectivity index (χ2n) is 12.9. The van der Waals surface area contributed by atoms with Crippen LogP contribution in [0.2, 0.25) is 0 Å². The van der Waals surface area contributed by atoms with E-state index >= 15 is 0 Å². The van der Waals surface area contributed by atoms with Crippen molar-refractivity contribution in [2.45, 2.75) is 94.2 Å². The molecule has 0 saturated carbocycles. The van der Waals surface area contributed by atoms with Gasteiger partial charge in [-0.1, -0.05) is 6.07 Å². The minimum Gasteiger partial charge on any atom is -0.461 e. The van der Waals surface area contributed by atoms with Gasteiger partial charge in [0.05, 0.1) is 29.0 Å². The summed E-state index contributed by atoms with van der Waals surface area (Å²) in [6.07, 6.45) is 6.96. The van der Waals surface area contributed by atoms with Crippen LogP contribution in [0.1, 0.15) is 74.3 Å². The number of aromatic nitrogens is 2. The standard InChI is InChI=1S/C30H40FN5O3/c1-28(37)8-3-11-35(18-28)26-23-17-39-30(10-2-5-20-6-7-22(32)13-24(20)30)15-25(23)33-27(34-26)38-19-29-9-4-12-36(29)16-21(31)14-29/h6-7,13,21,37H,2-5,8-12,14-19,32H2,1H3/t21-,28-,29+,30+/m1/s1. The van der Waals surface area contributed by atoms with Gasteiger partial charge < -0.3 is 25.2 Å². The Morgan fingerprint density at radius 1 is 1.18 bits per heavy atom. The summed E-state index contributed by atoms with van der Waals surface area (Å²) in [5.74, 6) is 0.795. The SMILES string of the molecule is C[C@@]1(O)CCCN(c2nc(OC[C@@]34CCCN3C[C@H](F)C4)nc3c2CO[C@@]2(CCCc4ccc(N)cc42)C3)C1. The molecule has 0 bridgehead atoms. The fourth-order valence-corrected chi connectivity index (χ4v) is 7.96. The van der Waals surface area contributed by atoms with Crippen LogP contribution in [0, 0.1) is 0 Å². The van der Waals surface area contributed by atoms with Gasteiger partial charge in [0.2, 0.25) is 0 Å². The lowest BCUT2D eigenvalue weighted by Gasteiger charge is -2.44. The molecule has 4 aliphatic heterocycles. The maximum atomic E-state index is 14.4. The van der Waals surface area contributed by atoms with Gasteiger partial charge in [0, 0.05) is 43.7 Å². The molecular weight excluding hydrogens is 497 g/mol. The number of aliphatic hydroxyl groups is 1. The first kappa shape index (κ1) is 25.5. The number of fused-ring (bicyclic) bond motifs is 4. The van der Waals surface area contributed by atoms with Gasteiger partial charge in [0.1, 0.15) is 18.6 Å². The number of β-amino-alcohol motifs (C(OH)–C–C–N with tert-alkyl or cyclic N) is 1. The summed E-state index contributed by atoms with van der Waals surface area (Å²) in [7, 11) is 0. The second kappa shape index (κ2) is 9.28. The number of benzene rings is 1. The molecule has 3 N–H and O–H groups in total. The van der Waals surface area contributed by atoms with E-state index in [9.17, 15) is 9.50 Å². The minimum atomic E-state index is -0.805. The number of hydrogen-bond acceptors (Lipinski definition) is 8. The van der Waals surface area contributed by atoms with Crippen LogP contribution in [-0.2, 0) is 29.8 Å². The van der Waals surface area contributed by atoms with E-state index in [0.29, 0.717) is 45.2 Å². The zero-order chi connectivity index (χ0) is 26.8. The Balaban J connectivity index is 1.25. The molecule has 1 aliphatic carbocycles. The van der Waals surface area contributed by atoms with Gasteiger partial charge in [-0.2, -0.15) is 9.97 Å². The highest BCUT2D eigenvalue weighted by Crippen LogP contribution is 2.47. The van der Waals surface area contributed by atoms with Crippen LogP contribution in [0.3, 0.4) is 0 Å². The maximum Gasteiger partial charge on any atom is 0.318 e. The highest BCUT2D eigenvalue weighted by Gasteiger charge is 2.50. The zero-order valence-electron chi connectivity index (χ0n) is 22.9. The predicted octanol–water partition coefficient (Wildman–Crippen LogP) is 3.67. The molecule has 4 atom stereocenters. The molecule has 1 aromatic heterocycles. The van der Waals surface area contributed by atoms with E-state index in [0.717, 1.165) is 80.8 Å². The van der Waals surface area contributed by atoms with E-state index in [-0.39, 0.29) is 5.54 Å². The molecule has 0 radical (unpaired) electrons. The number of halogens is 1. The lowest BCUT2D eigenvalue weighted by atomic mass is 9.74. The number of alkyl halides is 1. The van der Waals surface area contributed by atoms with Gasteiger partial charge in [-0.05, 0) is 81.7 Å². The fraction of sp³-hybridized carbons (Fsp3) is 0.667. The van der Waals surface area contributed by atoms with E-state index < -0.39 is 17.4 Å². The number of piperidine rings is 1. The van der Waals surface area contributed by atoms with Crippen LogP contribution in [-0.4, -0.2) is 70.1 Å². The average molecular weight is 538 g/mol. The van der Waals surface area contributed by atoms with Crippen molar-refractivity contribution >= 4 is 11.5 Å². The van der Waals surface area contributed by atoms with Crippen molar-refractivity contribution in [1.82, 2.24) is 14.9 Å². The zero-order valence-corrected chi connectivity index (χ0v) is 22.9. The monoisotopic (exact) mass is 537 g/mol. The maximum absolute atomic E-state index is 14.4. The van der Waals surface area contributed by atoms with Crippen molar-refractivity contribution in [2.75, 3.05) is 43.4 Å². The highest BCUT2D eigenvalue weighted by atomic mass is 19.1. The van der Waals surface area contributed by atoms with E-state index in [2.05, 4.69) is 21.9 Å². The molecular formula is C30H40FN5O3. The quantitative estimate of drug-likeness (QED) is 0.571. The number of nitrogen functional groups attached to an aromatic ring is 1. The Bertz CT molecular complexity index is 1270. The predicted molar refractivity (Wildman–Crippen MR) is 147 cm³/mol. The molecule has 1 spiro atoms. The summed E-state index contributed by atoms with van der Waals surface area (Å²) in [6, 6.07) is 6.52. The molecule has 5 aliphatic rings. The molecule has 2 aromatic rings. The molecule has 39 heavy (non-hydrogen) atoms. The van der Waals surface area contributed by atoms with Crippen molar-refractivity contribution in [1.29, 1.82) is 0 Å². The van der Waals surface area contributed by atoms with Crippen LogP contribution in [0.4, 0.5) is 15.9 Å². The number of ether oxygens (including phenoxy) is 2. The van der Waals surface area contributed by atoms with E-state index in [1.807, 2.05) is 13.0 Å². The minimum absolute atomic E-state index is 0.266. The van der Waals surface area contributed by atoms with Gasteiger partial charge in [-0.25, -0.2) is 4.39 Å². The summed E-state index contributed by atoms with van der Waals surface area (Å²) < 4.78 is 27.5. The Morgan fingerprint density at radius 3 is 2.92 bits per heavy atom. The molecule has 8 nitrogen and oxygen atoms in total. The summed E-state index contributed by atoms with van der Waals surface area (Å²) in [6.45, 7) is 5.41. The largest absolute Gasteiger partial charge is 0.461 e. The summed E-state index contributed by atoms with van der Waals surface area (Å²) >= 11 is 0. The first-order valence-electron chi connectivity index (χ1n) is 14.7. The summed E-state index contributed by atoms with van der Waals surface area (Å²) in [5, 5.41) is 10.9. The van der Waals surface area contributed by atoms with Crippen molar-refractivity contribution in [3.63, 3.8) is 0 Å². The molecule has 7 rings (SSSR count). The Kier molecular flexibility index (Phi) is 6.06. The number of rotatable bonds is 4. The first-order valence-corrected chi connectivity index (χ1v) is 14.7. The molecule has 3 saturated heterocycles. The van der Waals surface area contributed by atoms with Gasteiger partial charge in [0.15, 0.2) is 0 Å². The van der Waals surface area contributed by atoms with E-state index in [1.165, 1.54) is 11.1 Å². The van der Waals surface area contributed by atoms with Crippen LogP contribution in [0.25, 0.3) is 0 Å². The number of anilines is 2. The van der Waals surface area contributed by atoms with E-state index in [1.54, 1.807) is 0 Å². The van der Waals surface area contributed by atoms with Gasteiger partial charge in [-0.15, -0.1) is 0 Å². The lowest BCUT2D eigenvalue weighted by Crippen LogP contribution is -2.47. The molecule has 1 aromatic carbocycles. The smallest absolute Gasteiger partial charge is 0.318 e.